The van der Waals surface area contributed by atoms with Crippen LogP contribution in [-0.2, 0) is 6.54 Å². The number of halogens is 2. The molecular weight excluding hydrogens is 239 g/mol. The number of nitrogens with zero attached hydrogens (tertiary/aromatic N) is 1. The Morgan fingerprint density at radius 1 is 1.29 bits per heavy atom. The van der Waals surface area contributed by atoms with Crippen LogP contribution in [0.5, 0.6) is 0 Å². The van der Waals surface area contributed by atoms with Gasteiger partial charge in [-0.15, -0.1) is 0 Å². The maximum absolute atomic E-state index is 13.1. The van der Waals surface area contributed by atoms with Crippen molar-refractivity contribution in [2.75, 3.05) is 0 Å². The van der Waals surface area contributed by atoms with Gasteiger partial charge in [-0.05, 0) is 47.4 Å². The van der Waals surface area contributed by atoms with Gasteiger partial charge < -0.3 is 5.73 Å². The van der Waals surface area contributed by atoms with E-state index in [9.17, 15) is 4.39 Å². The van der Waals surface area contributed by atoms with E-state index in [-0.39, 0.29) is 5.82 Å². The molecule has 1 aromatic carbocycles. The lowest BCUT2D eigenvalue weighted by Crippen LogP contribution is -2.01. The molecule has 0 aliphatic rings. The number of rotatable bonds is 2. The highest BCUT2D eigenvalue weighted by molar-refractivity contribution is 6.29. The Balaban J connectivity index is 2.62. The average Bonchev–Trinajstić information content (AvgIpc) is 2.29. The van der Waals surface area contributed by atoms with Gasteiger partial charge in [-0.2, -0.15) is 0 Å². The molecular formula is C13H12ClFN2. The summed E-state index contributed by atoms with van der Waals surface area (Å²) in [6.07, 6.45) is 1.65. The predicted octanol–water partition coefficient (Wildman–Crippen LogP) is 3.31. The normalized spacial score (nSPS) is 10.6. The van der Waals surface area contributed by atoms with Crippen molar-refractivity contribution in [1.82, 2.24) is 4.98 Å². The SMILES string of the molecule is Cc1cc(F)ccc1-c1cc(Cl)ncc1CN. The quantitative estimate of drug-likeness (QED) is 0.831. The molecule has 0 saturated heterocycles. The minimum Gasteiger partial charge on any atom is -0.326 e. The molecule has 2 aromatic rings. The molecule has 0 aliphatic heterocycles. The van der Waals surface area contributed by atoms with Crippen LogP contribution in [0.1, 0.15) is 11.1 Å². The van der Waals surface area contributed by atoms with Crippen molar-refractivity contribution >= 4 is 11.6 Å². The van der Waals surface area contributed by atoms with Gasteiger partial charge in [0.2, 0.25) is 0 Å². The number of aryl methyl sites for hydroxylation is 1. The van der Waals surface area contributed by atoms with Crippen molar-refractivity contribution in [1.29, 1.82) is 0 Å². The van der Waals surface area contributed by atoms with Crippen LogP contribution < -0.4 is 5.73 Å². The Morgan fingerprint density at radius 3 is 2.71 bits per heavy atom. The highest BCUT2D eigenvalue weighted by Gasteiger charge is 2.09. The molecule has 0 bridgehead atoms. The van der Waals surface area contributed by atoms with E-state index in [0.29, 0.717) is 11.7 Å². The molecule has 0 atom stereocenters. The Hall–Kier alpha value is -1.45. The molecule has 0 saturated carbocycles. The third kappa shape index (κ3) is 2.46. The first-order valence-corrected chi connectivity index (χ1v) is 5.60. The lowest BCUT2D eigenvalue weighted by molar-refractivity contribution is 0.627. The average molecular weight is 251 g/mol. The Morgan fingerprint density at radius 2 is 2.06 bits per heavy atom. The second kappa shape index (κ2) is 4.82. The van der Waals surface area contributed by atoms with Crippen LogP contribution in [0.15, 0.2) is 30.5 Å². The number of pyridine rings is 1. The summed E-state index contributed by atoms with van der Waals surface area (Å²) < 4.78 is 13.1. The number of hydrogen-bond acceptors (Lipinski definition) is 2. The van der Waals surface area contributed by atoms with E-state index in [1.54, 1.807) is 18.3 Å². The molecule has 0 fully saturated rings. The van der Waals surface area contributed by atoms with Crippen LogP contribution in [0.4, 0.5) is 4.39 Å². The summed E-state index contributed by atoms with van der Waals surface area (Å²) in [5.41, 5.74) is 9.24. The van der Waals surface area contributed by atoms with Gasteiger partial charge in [-0.1, -0.05) is 17.7 Å². The standard InChI is InChI=1S/C13H12ClFN2/c1-8-4-10(15)2-3-11(8)12-5-13(14)17-7-9(12)6-16/h2-5,7H,6,16H2,1H3. The van der Waals surface area contributed by atoms with E-state index in [0.717, 1.165) is 22.3 Å². The number of nitrogens with two attached hydrogens (primary N) is 1. The van der Waals surface area contributed by atoms with Crippen molar-refractivity contribution < 1.29 is 4.39 Å². The molecule has 2 nitrogen and oxygen atoms in total. The number of hydrogen-bond donors (Lipinski definition) is 1. The van der Waals surface area contributed by atoms with Crippen LogP contribution in [0.2, 0.25) is 5.15 Å². The first-order chi connectivity index (χ1) is 8.11. The minimum atomic E-state index is -0.249. The summed E-state index contributed by atoms with van der Waals surface area (Å²) in [6.45, 7) is 2.23. The van der Waals surface area contributed by atoms with Crippen LogP contribution >= 0.6 is 11.6 Å². The molecule has 1 heterocycles. The second-order valence-corrected chi connectivity index (χ2v) is 4.21. The smallest absolute Gasteiger partial charge is 0.129 e. The zero-order valence-electron chi connectivity index (χ0n) is 9.37. The summed E-state index contributed by atoms with van der Waals surface area (Å²) >= 11 is 5.88. The summed E-state index contributed by atoms with van der Waals surface area (Å²) in [5, 5.41) is 0.404. The third-order valence-corrected chi connectivity index (χ3v) is 2.86. The van der Waals surface area contributed by atoms with Crippen LogP contribution in [0, 0.1) is 12.7 Å². The van der Waals surface area contributed by atoms with Crippen molar-refractivity contribution in [3.05, 3.63) is 52.6 Å². The molecule has 0 spiro atoms. The van der Waals surface area contributed by atoms with Gasteiger partial charge >= 0.3 is 0 Å². The van der Waals surface area contributed by atoms with Gasteiger partial charge in [0, 0.05) is 12.7 Å². The molecule has 1 aromatic heterocycles. The van der Waals surface area contributed by atoms with Crippen LogP contribution in [0.3, 0.4) is 0 Å². The maximum atomic E-state index is 13.1. The van der Waals surface area contributed by atoms with E-state index < -0.39 is 0 Å². The second-order valence-electron chi connectivity index (χ2n) is 3.83. The van der Waals surface area contributed by atoms with Gasteiger partial charge in [-0.3, -0.25) is 0 Å². The molecule has 88 valence electrons. The van der Waals surface area contributed by atoms with Crippen LogP contribution in [-0.4, -0.2) is 4.98 Å². The van der Waals surface area contributed by atoms with E-state index in [4.69, 9.17) is 17.3 Å². The summed E-state index contributed by atoms with van der Waals surface area (Å²) in [5.74, 6) is -0.249. The number of benzene rings is 1. The molecule has 17 heavy (non-hydrogen) atoms. The van der Waals surface area contributed by atoms with Crippen molar-refractivity contribution in [2.45, 2.75) is 13.5 Å². The van der Waals surface area contributed by atoms with Crippen LogP contribution in [0.25, 0.3) is 11.1 Å². The minimum absolute atomic E-state index is 0.249. The van der Waals surface area contributed by atoms with Gasteiger partial charge in [0.05, 0.1) is 0 Å². The zero-order valence-corrected chi connectivity index (χ0v) is 10.1. The van der Waals surface area contributed by atoms with E-state index in [2.05, 4.69) is 4.98 Å². The maximum Gasteiger partial charge on any atom is 0.129 e. The lowest BCUT2D eigenvalue weighted by atomic mass is 9.97. The number of aromatic nitrogens is 1. The fraction of sp³-hybridized carbons (Fsp3) is 0.154. The zero-order chi connectivity index (χ0) is 12.4. The topological polar surface area (TPSA) is 38.9 Å². The molecule has 4 heteroatoms. The predicted molar refractivity (Wildman–Crippen MR) is 67.3 cm³/mol. The Labute approximate surface area is 104 Å². The first-order valence-electron chi connectivity index (χ1n) is 5.23. The summed E-state index contributed by atoms with van der Waals surface area (Å²) in [4.78, 5) is 3.99. The van der Waals surface area contributed by atoms with Gasteiger partial charge in [0.15, 0.2) is 0 Å². The lowest BCUT2D eigenvalue weighted by Gasteiger charge is -2.10. The van der Waals surface area contributed by atoms with E-state index >= 15 is 0 Å². The molecule has 0 radical (unpaired) electrons. The molecule has 0 aliphatic carbocycles. The van der Waals surface area contributed by atoms with Gasteiger partial charge in [0.25, 0.3) is 0 Å². The fourth-order valence-corrected chi connectivity index (χ4v) is 1.96. The van der Waals surface area contributed by atoms with Crippen molar-refractivity contribution in [2.24, 2.45) is 5.73 Å². The first kappa shape index (κ1) is 12.0. The monoisotopic (exact) mass is 250 g/mol. The highest BCUT2D eigenvalue weighted by Crippen LogP contribution is 2.28. The summed E-state index contributed by atoms with van der Waals surface area (Å²) in [6, 6.07) is 6.40. The van der Waals surface area contributed by atoms with Gasteiger partial charge in [0.1, 0.15) is 11.0 Å². The largest absolute Gasteiger partial charge is 0.326 e. The van der Waals surface area contributed by atoms with Crippen molar-refractivity contribution in [3.8, 4) is 11.1 Å². The fourth-order valence-electron chi connectivity index (χ4n) is 1.80. The molecule has 2 rings (SSSR count). The van der Waals surface area contributed by atoms with Gasteiger partial charge in [-0.25, -0.2) is 9.37 Å². The molecule has 0 unspecified atom stereocenters. The Kier molecular flexibility index (Phi) is 3.41. The Bertz CT molecular complexity index is 555. The highest BCUT2D eigenvalue weighted by atomic mass is 35.5. The van der Waals surface area contributed by atoms with E-state index in [1.807, 2.05) is 6.92 Å². The van der Waals surface area contributed by atoms with E-state index in [1.165, 1.54) is 12.1 Å². The molecule has 2 N–H and O–H groups in total. The van der Waals surface area contributed by atoms with Crippen molar-refractivity contribution in [3.63, 3.8) is 0 Å². The third-order valence-electron chi connectivity index (χ3n) is 2.65. The molecule has 0 amide bonds. The summed E-state index contributed by atoms with van der Waals surface area (Å²) in [7, 11) is 0.